The minimum Gasteiger partial charge on any atom is -0.388 e. The van der Waals surface area contributed by atoms with Crippen LogP contribution in [-0.2, 0) is 4.79 Å². The molecule has 1 saturated carbocycles. The molecule has 1 amide bonds. The Kier molecular flexibility index (Phi) is 4.58. The average Bonchev–Trinajstić information content (AvgIpc) is 2.68. The molecule has 0 aromatic carbocycles. The highest BCUT2D eigenvalue weighted by atomic mass is 16.3. The molecule has 3 nitrogen and oxygen atoms in total. The molecule has 3 heteroatoms. The summed E-state index contributed by atoms with van der Waals surface area (Å²) < 4.78 is 0. The Bertz CT molecular complexity index is 208. The van der Waals surface area contributed by atoms with Crippen molar-refractivity contribution in [3.05, 3.63) is 0 Å². The van der Waals surface area contributed by atoms with Gasteiger partial charge in [-0.25, -0.2) is 0 Å². The highest BCUT2D eigenvalue weighted by Gasteiger charge is 2.21. The summed E-state index contributed by atoms with van der Waals surface area (Å²) in [5.74, 6) is 0.673. The molecule has 1 fully saturated rings. The van der Waals surface area contributed by atoms with E-state index in [1.807, 2.05) is 6.92 Å². The molecule has 0 heterocycles. The molecule has 1 rings (SSSR count). The van der Waals surface area contributed by atoms with E-state index < -0.39 is 5.60 Å². The molecular formula is C12H23NO2. The lowest BCUT2D eigenvalue weighted by Crippen LogP contribution is -2.40. The van der Waals surface area contributed by atoms with E-state index in [9.17, 15) is 9.90 Å². The summed E-state index contributed by atoms with van der Waals surface area (Å²) in [5.41, 5.74) is -0.759. The molecule has 15 heavy (non-hydrogen) atoms. The van der Waals surface area contributed by atoms with E-state index in [1.165, 1.54) is 25.7 Å². The SMILES string of the molecule is CCC(C)(O)CNC(=O)CC1CCCC1. The van der Waals surface area contributed by atoms with Gasteiger partial charge in [-0.3, -0.25) is 4.79 Å². The van der Waals surface area contributed by atoms with E-state index in [-0.39, 0.29) is 5.91 Å². The Hall–Kier alpha value is -0.570. The summed E-state index contributed by atoms with van der Waals surface area (Å²) in [6.07, 6.45) is 6.22. The molecule has 1 atom stereocenters. The highest BCUT2D eigenvalue weighted by Crippen LogP contribution is 2.27. The second-order valence-electron chi connectivity index (χ2n) is 4.98. The van der Waals surface area contributed by atoms with Gasteiger partial charge >= 0.3 is 0 Å². The van der Waals surface area contributed by atoms with Crippen LogP contribution in [0.5, 0.6) is 0 Å². The van der Waals surface area contributed by atoms with Crippen molar-refractivity contribution in [2.75, 3.05) is 6.54 Å². The lowest BCUT2D eigenvalue weighted by atomic mass is 10.0. The Labute approximate surface area is 92.3 Å². The maximum absolute atomic E-state index is 11.5. The summed E-state index contributed by atoms with van der Waals surface area (Å²) in [4.78, 5) is 11.5. The summed E-state index contributed by atoms with van der Waals surface area (Å²) >= 11 is 0. The van der Waals surface area contributed by atoms with Gasteiger partial charge in [-0.1, -0.05) is 19.8 Å². The largest absolute Gasteiger partial charge is 0.388 e. The van der Waals surface area contributed by atoms with Crippen molar-refractivity contribution in [3.8, 4) is 0 Å². The first kappa shape index (κ1) is 12.5. The van der Waals surface area contributed by atoms with Crippen LogP contribution < -0.4 is 5.32 Å². The third-order valence-electron chi connectivity index (χ3n) is 3.38. The predicted molar refractivity (Wildman–Crippen MR) is 60.5 cm³/mol. The standard InChI is InChI=1S/C12H23NO2/c1-3-12(2,15)9-13-11(14)8-10-6-4-5-7-10/h10,15H,3-9H2,1-2H3,(H,13,14). The van der Waals surface area contributed by atoms with E-state index in [2.05, 4.69) is 5.32 Å². The number of carbonyl (C=O) groups excluding carboxylic acids is 1. The highest BCUT2D eigenvalue weighted by molar-refractivity contribution is 5.76. The zero-order valence-electron chi connectivity index (χ0n) is 9.88. The van der Waals surface area contributed by atoms with E-state index in [4.69, 9.17) is 0 Å². The Morgan fingerprint density at radius 1 is 1.47 bits per heavy atom. The maximum Gasteiger partial charge on any atom is 0.220 e. The van der Waals surface area contributed by atoms with Gasteiger partial charge in [0, 0.05) is 13.0 Å². The zero-order valence-corrected chi connectivity index (χ0v) is 9.88. The maximum atomic E-state index is 11.5. The molecule has 0 bridgehead atoms. The molecule has 0 saturated heterocycles. The van der Waals surface area contributed by atoms with Gasteiger partial charge in [-0.05, 0) is 32.1 Å². The average molecular weight is 213 g/mol. The molecule has 0 aromatic rings. The molecule has 1 unspecified atom stereocenters. The normalized spacial score (nSPS) is 21.3. The van der Waals surface area contributed by atoms with Crippen molar-refractivity contribution in [1.29, 1.82) is 0 Å². The molecule has 0 spiro atoms. The molecule has 0 aromatic heterocycles. The van der Waals surface area contributed by atoms with E-state index in [1.54, 1.807) is 6.92 Å². The van der Waals surface area contributed by atoms with Crippen LogP contribution >= 0.6 is 0 Å². The molecule has 0 radical (unpaired) electrons. The Morgan fingerprint density at radius 2 is 2.07 bits per heavy atom. The lowest BCUT2D eigenvalue weighted by molar-refractivity contribution is -0.123. The fraction of sp³-hybridized carbons (Fsp3) is 0.917. The van der Waals surface area contributed by atoms with Gasteiger partial charge < -0.3 is 10.4 Å². The van der Waals surface area contributed by atoms with Crippen LogP contribution in [0.1, 0.15) is 52.4 Å². The fourth-order valence-electron chi connectivity index (χ4n) is 1.96. The number of carbonyl (C=O) groups is 1. The van der Waals surface area contributed by atoms with Crippen molar-refractivity contribution in [2.24, 2.45) is 5.92 Å². The first-order valence-electron chi connectivity index (χ1n) is 6.02. The van der Waals surface area contributed by atoms with Gasteiger partial charge in [0.2, 0.25) is 5.91 Å². The van der Waals surface area contributed by atoms with E-state index >= 15 is 0 Å². The summed E-state index contributed by atoms with van der Waals surface area (Å²) in [7, 11) is 0. The second kappa shape index (κ2) is 5.50. The second-order valence-corrected chi connectivity index (χ2v) is 4.98. The number of hydrogen-bond donors (Lipinski definition) is 2. The minimum absolute atomic E-state index is 0.0932. The van der Waals surface area contributed by atoms with E-state index in [0.717, 1.165) is 0 Å². The Morgan fingerprint density at radius 3 is 2.60 bits per heavy atom. The van der Waals surface area contributed by atoms with Crippen molar-refractivity contribution >= 4 is 5.91 Å². The topological polar surface area (TPSA) is 49.3 Å². The Balaban J connectivity index is 2.18. The van der Waals surface area contributed by atoms with Crippen molar-refractivity contribution in [2.45, 2.75) is 58.0 Å². The van der Waals surface area contributed by atoms with Crippen LogP contribution in [-0.4, -0.2) is 23.2 Å². The van der Waals surface area contributed by atoms with Crippen LogP contribution in [0.4, 0.5) is 0 Å². The zero-order chi connectivity index (χ0) is 11.3. The van der Waals surface area contributed by atoms with Gasteiger partial charge in [0.15, 0.2) is 0 Å². The van der Waals surface area contributed by atoms with Crippen LogP contribution in [0.2, 0.25) is 0 Å². The van der Waals surface area contributed by atoms with Gasteiger partial charge in [0.05, 0.1) is 5.60 Å². The monoisotopic (exact) mass is 213 g/mol. The van der Waals surface area contributed by atoms with Crippen LogP contribution in [0, 0.1) is 5.92 Å². The molecular weight excluding hydrogens is 190 g/mol. The number of nitrogens with one attached hydrogen (secondary N) is 1. The number of hydrogen-bond acceptors (Lipinski definition) is 2. The van der Waals surface area contributed by atoms with Crippen LogP contribution in [0.15, 0.2) is 0 Å². The van der Waals surface area contributed by atoms with Crippen molar-refractivity contribution < 1.29 is 9.90 Å². The fourth-order valence-corrected chi connectivity index (χ4v) is 1.96. The molecule has 0 aliphatic heterocycles. The summed E-state index contributed by atoms with van der Waals surface area (Å²) in [6, 6.07) is 0. The number of amides is 1. The van der Waals surface area contributed by atoms with Gasteiger partial charge in [0.25, 0.3) is 0 Å². The first-order valence-corrected chi connectivity index (χ1v) is 6.02. The molecule has 1 aliphatic carbocycles. The smallest absolute Gasteiger partial charge is 0.220 e. The quantitative estimate of drug-likeness (QED) is 0.732. The van der Waals surface area contributed by atoms with Crippen molar-refractivity contribution in [3.63, 3.8) is 0 Å². The third-order valence-corrected chi connectivity index (χ3v) is 3.38. The molecule has 2 N–H and O–H groups in total. The number of rotatable bonds is 5. The summed E-state index contributed by atoms with van der Waals surface area (Å²) in [5, 5.41) is 12.5. The third kappa shape index (κ3) is 4.65. The number of aliphatic hydroxyl groups is 1. The summed E-state index contributed by atoms with van der Waals surface area (Å²) in [6.45, 7) is 4.04. The van der Waals surface area contributed by atoms with Crippen LogP contribution in [0.25, 0.3) is 0 Å². The van der Waals surface area contributed by atoms with Gasteiger partial charge in [0.1, 0.15) is 0 Å². The van der Waals surface area contributed by atoms with Gasteiger partial charge in [-0.2, -0.15) is 0 Å². The van der Waals surface area contributed by atoms with Crippen molar-refractivity contribution in [1.82, 2.24) is 5.32 Å². The minimum atomic E-state index is -0.759. The van der Waals surface area contributed by atoms with Gasteiger partial charge in [-0.15, -0.1) is 0 Å². The predicted octanol–water partition coefficient (Wildman–Crippen LogP) is 1.84. The van der Waals surface area contributed by atoms with Crippen LogP contribution in [0.3, 0.4) is 0 Å². The molecule has 88 valence electrons. The van der Waals surface area contributed by atoms with E-state index in [0.29, 0.717) is 25.3 Å². The lowest BCUT2D eigenvalue weighted by Gasteiger charge is -2.22. The molecule has 1 aliphatic rings. The first-order chi connectivity index (χ1) is 7.03.